The average molecular weight is 313 g/mol. The third kappa shape index (κ3) is 4.19. The van der Waals surface area contributed by atoms with E-state index in [1.54, 1.807) is 6.07 Å². The SMILES string of the molecule is O=P(O)(O)[C@H](NCc1ccccc1F)c1ccc(F)cc1. The Morgan fingerprint density at radius 1 is 1.05 bits per heavy atom. The standard InChI is InChI=1S/C14H14F2NO3P/c15-12-7-5-10(6-8-12)14(21(18,19)20)17-9-11-3-1-2-4-13(11)16/h1-8,14,17H,9H2,(H2,18,19,20)/t14-/m0/s1. The minimum Gasteiger partial charge on any atom is -0.323 e. The number of benzene rings is 2. The molecule has 0 aromatic heterocycles. The van der Waals surface area contributed by atoms with Gasteiger partial charge in [0.05, 0.1) is 0 Å². The van der Waals surface area contributed by atoms with Gasteiger partial charge in [0.2, 0.25) is 0 Å². The highest BCUT2D eigenvalue weighted by atomic mass is 31.2. The van der Waals surface area contributed by atoms with Crippen molar-refractivity contribution < 1.29 is 23.1 Å². The normalized spacial score (nSPS) is 13.1. The summed E-state index contributed by atoms with van der Waals surface area (Å²) in [7, 11) is -4.52. The van der Waals surface area contributed by atoms with Crippen molar-refractivity contribution in [1.29, 1.82) is 0 Å². The Labute approximate surface area is 120 Å². The summed E-state index contributed by atoms with van der Waals surface area (Å²) in [6.07, 6.45) is 0. The average Bonchev–Trinajstić information content (AvgIpc) is 2.41. The Bertz CT molecular complexity index is 658. The van der Waals surface area contributed by atoms with Gasteiger partial charge < -0.3 is 9.79 Å². The van der Waals surface area contributed by atoms with E-state index in [1.165, 1.54) is 30.3 Å². The Balaban J connectivity index is 2.20. The molecule has 0 aliphatic rings. The fraction of sp³-hybridized carbons (Fsp3) is 0.143. The fourth-order valence-corrected chi connectivity index (χ4v) is 2.81. The van der Waals surface area contributed by atoms with Crippen LogP contribution in [0.5, 0.6) is 0 Å². The molecule has 0 spiro atoms. The molecule has 0 aliphatic heterocycles. The van der Waals surface area contributed by atoms with Crippen molar-refractivity contribution in [3.63, 3.8) is 0 Å². The third-order valence-corrected chi connectivity index (χ3v) is 4.12. The first-order chi connectivity index (χ1) is 9.88. The van der Waals surface area contributed by atoms with Gasteiger partial charge >= 0.3 is 7.60 Å². The number of hydrogen-bond donors (Lipinski definition) is 3. The van der Waals surface area contributed by atoms with Crippen LogP contribution in [0.3, 0.4) is 0 Å². The van der Waals surface area contributed by atoms with Gasteiger partial charge in [0.1, 0.15) is 17.4 Å². The van der Waals surface area contributed by atoms with Gasteiger partial charge in [-0.1, -0.05) is 30.3 Å². The zero-order valence-corrected chi connectivity index (χ0v) is 11.8. The number of halogens is 2. The maximum atomic E-state index is 13.5. The lowest BCUT2D eigenvalue weighted by Crippen LogP contribution is -2.21. The number of nitrogens with one attached hydrogen (secondary N) is 1. The van der Waals surface area contributed by atoms with Crippen LogP contribution in [0.2, 0.25) is 0 Å². The molecular weight excluding hydrogens is 299 g/mol. The molecule has 0 radical (unpaired) electrons. The molecule has 3 N–H and O–H groups in total. The summed E-state index contributed by atoms with van der Waals surface area (Å²) in [5.74, 6) is -2.29. The monoisotopic (exact) mass is 313 g/mol. The molecule has 0 heterocycles. The lowest BCUT2D eigenvalue weighted by Gasteiger charge is -2.20. The third-order valence-electron chi connectivity index (χ3n) is 2.97. The number of rotatable bonds is 5. The van der Waals surface area contributed by atoms with Crippen molar-refractivity contribution >= 4 is 7.60 Å². The molecule has 1 atom stereocenters. The lowest BCUT2D eigenvalue weighted by molar-refractivity contribution is 0.346. The first-order valence-electron chi connectivity index (χ1n) is 6.15. The van der Waals surface area contributed by atoms with Crippen molar-refractivity contribution in [2.24, 2.45) is 0 Å². The van der Waals surface area contributed by atoms with Gasteiger partial charge in [-0.2, -0.15) is 0 Å². The molecule has 2 aromatic rings. The van der Waals surface area contributed by atoms with E-state index < -0.39 is 25.0 Å². The topological polar surface area (TPSA) is 69.6 Å². The highest BCUT2D eigenvalue weighted by Crippen LogP contribution is 2.50. The largest absolute Gasteiger partial charge is 0.346 e. The second-order valence-electron chi connectivity index (χ2n) is 4.52. The van der Waals surface area contributed by atoms with Gasteiger partial charge in [0.15, 0.2) is 0 Å². The molecule has 0 fully saturated rings. The van der Waals surface area contributed by atoms with Crippen LogP contribution in [0.15, 0.2) is 48.5 Å². The van der Waals surface area contributed by atoms with Gasteiger partial charge in [-0.05, 0) is 23.8 Å². The van der Waals surface area contributed by atoms with Crippen LogP contribution < -0.4 is 5.32 Å². The fourth-order valence-electron chi connectivity index (χ4n) is 1.92. The van der Waals surface area contributed by atoms with Gasteiger partial charge in [-0.15, -0.1) is 0 Å². The molecule has 0 amide bonds. The first-order valence-corrected chi connectivity index (χ1v) is 7.83. The molecule has 0 bridgehead atoms. The van der Waals surface area contributed by atoms with Gasteiger partial charge in [0.25, 0.3) is 0 Å². The van der Waals surface area contributed by atoms with E-state index in [9.17, 15) is 23.1 Å². The van der Waals surface area contributed by atoms with Crippen molar-refractivity contribution in [1.82, 2.24) is 5.32 Å². The van der Waals surface area contributed by atoms with Crippen LogP contribution in [-0.2, 0) is 11.1 Å². The molecule has 2 rings (SSSR count). The predicted octanol–water partition coefficient (Wildman–Crippen LogP) is 2.93. The van der Waals surface area contributed by atoms with Crippen LogP contribution in [0, 0.1) is 11.6 Å². The summed E-state index contributed by atoms with van der Waals surface area (Å²) in [6.45, 7) is -0.0557. The molecule has 4 nitrogen and oxygen atoms in total. The quantitative estimate of drug-likeness (QED) is 0.742. The van der Waals surface area contributed by atoms with E-state index in [1.807, 2.05) is 0 Å². The van der Waals surface area contributed by atoms with Crippen molar-refractivity contribution in [2.75, 3.05) is 0 Å². The van der Waals surface area contributed by atoms with Crippen LogP contribution in [0.25, 0.3) is 0 Å². The van der Waals surface area contributed by atoms with Crippen molar-refractivity contribution in [3.8, 4) is 0 Å². The van der Waals surface area contributed by atoms with E-state index in [0.717, 1.165) is 12.1 Å². The van der Waals surface area contributed by atoms with Gasteiger partial charge in [0, 0.05) is 12.1 Å². The second kappa shape index (κ2) is 6.45. The Kier molecular flexibility index (Phi) is 4.85. The maximum Gasteiger partial charge on any atom is 0.346 e. The maximum absolute atomic E-state index is 13.5. The van der Waals surface area contributed by atoms with Crippen LogP contribution >= 0.6 is 7.60 Å². The number of hydrogen-bond acceptors (Lipinski definition) is 2. The van der Waals surface area contributed by atoms with E-state index in [0.29, 0.717) is 0 Å². The van der Waals surface area contributed by atoms with E-state index in [2.05, 4.69) is 5.32 Å². The summed E-state index contributed by atoms with van der Waals surface area (Å²) < 4.78 is 38.0. The minimum absolute atomic E-state index is 0.0557. The van der Waals surface area contributed by atoms with E-state index in [4.69, 9.17) is 0 Å². The molecule has 112 valence electrons. The molecule has 0 saturated carbocycles. The minimum atomic E-state index is -4.52. The highest BCUT2D eigenvalue weighted by Gasteiger charge is 2.30. The molecular formula is C14H14F2NO3P. The smallest absolute Gasteiger partial charge is 0.323 e. The molecule has 21 heavy (non-hydrogen) atoms. The molecule has 0 unspecified atom stereocenters. The van der Waals surface area contributed by atoms with Crippen LogP contribution in [0.4, 0.5) is 8.78 Å². The molecule has 2 aromatic carbocycles. The van der Waals surface area contributed by atoms with Gasteiger partial charge in [-0.25, -0.2) is 8.78 Å². The molecule has 0 aliphatic carbocycles. The van der Waals surface area contributed by atoms with Crippen molar-refractivity contribution in [3.05, 3.63) is 71.3 Å². The highest BCUT2D eigenvalue weighted by molar-refractivity contribution is 7.52. The Hall–Kier alpha value is -1.59. The van der Waals surface area contributed by atoms with Crippen LogP contribution in [-0.4, -0.2) is 9.79 Å². The summed E-state index contributed by atoms with van der Waals surface area (Å²) in [6, 6.07) is 10.7. The van der Waals surface area contributed by atoms with Gasteiger partial charge in [-0.3, -0.25) is 9.88 Å². The summed E-state index contributed by atoms with van der Waals surface area (Å²) in [5, 5.41) is 2.63. The predicted molar refractivity (Wildman–Crippen MR) is 74.4 cm³/mol. The molecule has 0 saturated heterocycles. The Morgan fingerprint density at radius 3 is 2.24 bits per heavy atom. The molecule has 7 heteroatoms. The lowest BCUT2D eigenvalue weighted by atomic mass is 10.2. The summed E-state index contributed by atoms with van der Waals surface area (Å²) in [4.78, 5) is 18.8. The Morgan fingerprint density at radius 2 is 1.67 bits per heavy atom. The summed E-state index contributed by atoms with van der Waals surface area (Å²) in [5.41, 5.74) is 0.527. The van der Waals surface area contributed by atoms with Crippen LogP contribution in [0.1, 0.15) is 16.9 Å². The zero-order chi connectivity index (χ0) is 15.5. The van der Waals surface area contributed by atoms with E-state index >= 15 is 0 Å². The zero-order valence-electron chi connectivity index (χ0n) is 10.9. The van der Waals surface area contributed by atoms with E-state index in [-0.39, 0.29) is 17.7 Å². The van der Waals surface area contributed by atoms with Crippen molar-refractivity contribution in [2.45, 2.75) is 12.3 Å². The first kappa shape index (κ1) is 15.8. The summed E-state index contributed by atoms with van der Waals surface area (Å²) >= 11 is 0. The second-order valence-corrected chi connectivity index (χ2v) is 6.21.